The molecule has 0 aliphatic rings. The first-order valence-electron chi connectivity index (χ1n) is 7.24. The van der Waals surface area contributed by atoms with E-state index in [0.29, 0.717) is 11.2 Å². The van der Waals surface area contributed by atoms with Crippen LogP contribution in [0, 0.1) is 11.6 Å². The molecule has 0 fully saturated rings. The number of hydrogen-bond acceptors (Lipinski definition) is 3. The number of aromatic nitrogens is 2. The average Bonchev–Trinajstić information content (AvgIpc) is 2.54. The van der Waals surface area contributed by atoms with E-state index in [-0.39, 0.29) is 18.5 Å². The van der Waals surface area contributed by atoms with Crippen LogP contribution in [0.25, 0.3) is 5.65 Å². The second kappa shape index (κ2) is 6.57. The molecular weight excluding hydrogens is 316 g/mol. The van der Waals surface area contributed by atoms with Crippen molar-refractivity contribution in [1.29, 1.82) is 0 Å². The number of nitrogens with zero attached hydrogens (tertiary/aromatic N) is 2. The maximum absolute atomic E-state index is 13.1. The van der Waals surface area contributed by atoms with E-state index in [9.17, 15) is 18.4 Å². The topological polar surface area (TPSA) is 63.5 Å². The Kier molecular flexibility index (Phi) is 4.33. The van der Waals surface area contributed by atoms with Crippen molar-refractivity contribution in [1.82, 2.24) is 14.7 Å². The smallest absolute Gasteiger partial charge is 0.270 e. The third kappa shape index (κ3) is 3.29. The van der Waals surface area contributed by atoms with Crippen molar-refractivity contribution >= 4 is 11.6 Å². The van der Waals surface area contributed by atoms with Crippen LogP contribution in [0.5, 0.6) is 0 Å². The van der Waals surface area contributed by atoms with E-state index in [1.165, 1.54) is 28.9 Å². The minimum absolute atomic E-state index is 0.0934. The molecule has 0 aliphatic carbocycles. The van der Waals surface area contributed by atoms with Crippen LogP contribution < -0.4 is 10.9 Å². The van der Waals surface area contributed by atoms with Gasteiger partial charge in [-0.1, -0.05) is 6.07 Å². The number of benzene rings is 1. The van der Waals surface area contributed by atoms with Crippen LogP contribution in [-0.2, 0) is 6.42 Å². The molecule has 2 heterocycles. The zero-order valence-electron chi connectivity index (χ0n) is 12.5. The Bertz CT molecular complexity index is 949. The number of halogens is 2. The number of carbonyl (C=O) groups is 1. The summed E-state index contributed by atoms with van der Waals surface area (Å²) in [4.78, 5) is 28.4. The summed E-state index contributed by atoms with van der Waals surface area (Å²) >= 11 is 0. The molecule has 5 nitrogen and oxygen atoms in total. The summed E-state index contributed by atoms with van der Waals surface area (Å²) in [6.45, 7) is 0.138. The second-order valence-corrected chi connectivity index (χ2v) is 5.19. The molecule has 122 valence electrons. The Balaban J connectivity index is 1.71. The minimum Gasteiger partial charge on any atom is -0.351 e. The molecular formula is C17H13F2N3O2. The molecule has 0 unspecified atom stereocenters. The molecule has 24 heavy (non-hydrogen) atoms. The zero-order valence-corrected chi connectivity index (χ0v) is 12.5. The van der Waals surface area contributed by atoms with Crippen LogP contribution in [0.15, 0.2) is 53.6 Å². The normalized spacial score (nSPS) is 10.8. The molecule has 3 rings (SSSR count). The molecule has 7 heteroatoms. The summed E-state index contributed by atoms with van der Waals surface area (Å²) in [5, 5.41) is 2.55. The average molecular weight is 329 g/mol. The third-order valence-corrected chi connectivity index (χ3v) is 3.48. The number of hydrogen-bond donors (Lipinski definition) is 1. The second-order valence-electron chi connectivity index (χ2n) is 5.19. The van der Waals surface area contributed by atoms with Gasteiger partial charge in [0.1, 0.15) is 22.8 Å². The predicted octanol–water partition coefficient (Wildman–Crippen LogP) is 1.95. The largest absolute Gasteiger partial charge is 0.351 e. The minimum atomic E-state index is -0.673. The van der Waals surface area contributed by atoms with E-state index in [0.717, 1.165) is 6.07 Å². The zero-order chi connectivity index (χ0) is 17.1. The Morgan fingerprint density at radius 3 is 2.67 bits per heavy atom. The van der Waals surface area contributed by atoms with Gasteiger partial charge in [0, 0.05) is 25.0 Å². The Labute approximate surface area is 135 Å². The van der Waals surface area contributed by atoms with Crippen molar-refractivity contribution in [3.05, 3.63) is 81.9 Å². The summed E-state index contributed by atoms with van der Waals surface area (Å²) in [6, 6.07) is 8.23. The lowest BCUT2D eigenvalue weighted by Crippen LogP contribution is -2.32. The molecule has 0 radical (unpaired) electrons. The highest BCUT2D eigenvalue weighted by atomic mass is 19.1. The van der Waals surface area contributed by atoms with Crippen LogP contribution >= 0.6 is 0 Å². The van der Waals surface area contributed by atoms with Crippen molar-refractivity contribution in [3.63, 3.8) is 0 Å². The van der Waals surface area contributed by atoms with E-state index in [4.69, 9.17) is 0 Å². The van der Waals surface area contributed by atoms with Gasteiger partial charge in [-0.05, 0) is 36.2 Å². The highest BCUT2D eigenvalue weighted by Crippen LogP contribution is 2.08. The highest BCUT2D eigenvalue weighted by molar-refractivity contribution is 5.93. The maximum Gasteiger partial charge on any atom is 0.270 e. The SMILES string of the molecule is O=C(NCCc1cc(F)cc(F)c1)c1cnc2ccccn2c1=O. The Morgan fingerprint density at radius 1 is 1.17 bits per heavy atom. The lowest BCUT2D eigenvalue weighted by molar-refractivity contribution is 0.0952. The molecule has 1 N–H and O–H groups in total. The summed E-state index contributed by atoms with van der Waals surface area (Å²) < 4.78 is 27.5. The van der Waals surface area contributed by atoms with Gasteiger partial charge in [-0.25, -0.2) is 13.8 Å². The molecule has 0 bridgehead atoms. The fourth-order valence-electron chi connectivity index (χ4n) is 2.35. The molecule has 0 atom stereocenters. The van der Waals surface area contributed by atoms with Crippen LogP contribution in [0.4, 0.5) is 8.78 Å². The molecule has 3 aromatic rings. The number of fused-ring (bicyclic) bond motifs is 1. The predicted molar refractivity (Wildman–Crippen MR) is 83.9 cm³/mol. The van der Waals surface area contributed by atoms with Gasteiger partial charge in [-0.2, -0.15) is 0 Å². The first-order chi connectivity index (χ1) is 11.5. The highest BCUT2D eigenvalue weighted by Gasteiger charge is 2.12. The van der Waals surface area contributed by atoms with Gasteiger partial charge in [0.05, 0.1) is 0 Å². The lowest BCUT2D eigenvalue weighted by Gasteiger charge is -2.06. The van der Waals surface area contributed by atoms with E-state index < -0.39 is 23.1 Å². The summed E-state index contributed by atoms with van der Waals surface area (Å²) in [7, 11) is 0. The molecule has 0 spiro atoms. The van der Waals surface area contributed by atoms with Gasteiger partial charge in [0.25, 0.3) is 11.5 Å². The van der Waals surface area contributed by atoms with Gasteiger partial charge in [0.15, 0.2) is 0 Å². The van der Waals surface area contributed by atoms with Gasteiger partial charge < -0.3 is 5.32 Å². The van der Waals surface area contributed by atoms with Gasteiger partial charge in [0.2, 0.25) is 0 Å². The van der Waals surface area contributed by atoms with Crippen molar-refractivity contribution in [2.75, 3.05) is 6.54 Å². The first kappa shape index (κ1) is 15.8. The number of carbonyl (C=O) groups excluding carboxylic acids is 1. The lowest BCUT2D eigenvalue weighted by atomic mass is 10.1. The van der Waals surface area contributed by atoms with E-state index >= 15 is 0 Å². The monoisotopic (exact) mass is 329 g/mol. The van der Waals surface area contributed by atoms with Crippen molar-refractivity contribution in [2.45, 2.75) is 6.42 Å². The number of amides is 1. The van der Waals surface area contributed by atoms with Crippen LogP contribution in [0.1, 0.15) is 15.9 Å². The molecule has 0 aliphatic heterocycles. The quantitative estimate of drug-likeness (QED) is 0.796. The van der Waals surface area contributed by atoms with Gasteiger partial charge >= 0.3 is 0 Å². The third-order valence-electron chi connectivity index (χ3n) is 3.48. The van der Waals surface area contributed by atoms with Crippen molar-refractivity contribution in [3.8, 4) is 0 Å². The summed E-state index contributed by atoms with van der Waals surface area (Å²) in [6.07, 6.45) is 2.98. The van der Waals surface area contributed by atoms with E-state index in [1.54, 1.807) is 18.2 Å². The van der Waals surface area contributed by atoms with Crippen LogP contribution in [-0.4, -0.2) is 21.8 Å². The number of pyridine rings is 1. The van der Waals surface area contributed by atoms with Gasteiger partial charge in [-0.15, -0.1) is 0 Å². The molecule has 0 saturated carbocycles. The summed E-state index contributed by atoms with van der Waals surface area (Å²) in [5.74, 6) is -1.93. The first-order valence-corrected chi connectivity index (χ1v) is 7.24. The summed E-state index contributed by atoms with van der Waals surface area (Å²) in [5.41, 5.74) is 0.287. The van der Waals surface area contributed by atoms with Crippen molar-refractivity contribution in [2.24, 2.45) is 0 Å². The number of nitrogens with one attached hydrogen (secondary N) is 1. The number of rotatable bonds is 4. The van der Waals surface area contributed by atoms with Crippen LogP contribution in [0.2, 0.25) is 0 Å². The van der Waals surface area contributed by atoms with Crippen molar-refractivity contribution < 1.29 is 13.6 Å². The van der Waals surface area contributed by atoms with E-state index in [2.05, 4.69) is 10.3 Å². The Morgan fingerprint density at radius 2 is 1.92 bits per heavy atom. The fourth-order valence-corrected chi connectivity index (χ4v) is 2.35. The molecule has 2 aromatic heterocycles. The standard InChI is InChI=1S/C17H13F2N3O2/c18-12-7-11(8-13(19)9-12)4-5-20-16(23)14-10-21-15-3-1-2-6-22(15)17(14)24/h1-3,6-10H,4-5H2,(H,20,23). The fraction of sp³-hybridized carbons (Fsp3) is 0.118. The van der Waals surface area contributed by atoms with E-state index in [1.807, 2.05) is 0 Å². The molecule has 0 saturated heterocycles. The Hall–Kier alpha value is -3.09. The molecule has 1 amide bonds. The van der Waals surface area contributed by atoms with Crippen LogP contribution in [0.3, 0.4) is 0 Å². The maximum atomic E-state index is 13.1. The van der Waals surface area contributed by atoms with Gasteiger partial charge in [-0.3, -0.25) is 14.0 Å². The molecule has 1 aromatic carbocycles.